The number of fused-ring (bicyclic) bond motifs is 1. The average Bonchev–Trinajstić information content (AvgIpc) is 2.63. The number of aliphatic hydroxyl groups is 1. The van der Waals surface area contributed by atoms with Crippen molar-refractivity contribution in [2.24, 2.45) is 0 Å². The summed E-state index contributed by atoms with van der Waals surface area (Å²) in [7, 11) is 0. The maximum absolute atomic E-state index is 10.6. The summed E-state index contributed by atoms with van der Waals surface area (Å²) in [6.45, 7) is 2.38. The van der Waals surface area contributed by atoms with Crippen LogP contribution >= 0.6 is 11.8 Å². The largest absolute Gasteiger partial charge is 0.547 e. The number of para-hydroxylation sites is 1. The maximum Gasteiger partial charge on any atom is 0.119 e. The molecule has 0 aliphatic carbocycles. The van der Waals surface area contributed by atoms with E-state index in [0.29, 0.717) is 6.61 Å². The molecule has 0 amide bonds. The summed E-state index contributed by atoms with van der Waals surface area (Å²) in [4.78, 5) is 14.2. The van der Waals surface area contributed by atoms with Gasteiger partial charge in [0.15, 0.2) is 0 Å². The lowest BCUT2D eigenvalue weighted by Crippen LogP contribution is -2.36. The van der Waals surface area contributed by atoms with Gasteiger partial charge in [-0.05, 0) is 29.8 Å². The zero-order valence-corrected chi connectivity index (χ0v) is 14.6. The van der Waals surface area contributed by atoms with Crippen molar-refractivity contribution in [3.05, 3.63) is 54.1 Å². The number of hydrogen-bond acceptors (Lipinski definition) is 6. The van der Waals surface area contributed by atoms with E-state index in [-0.39, 0.29) is 6.42 Å². The van der Waals surface area contributed by atoms with Crippen LogP contribution in [0.5, 0.6) is 5.75 Å². The molecule has 1 aliphatic rings. The Labute approximate surface area is 151 Å². The highest BCUT2D eigenvalue weighted by Gasteiger charge is 2.16. The Morgan fingerprint density at radius 2 is 2.00 bits per heavy atom. The number of ether oxygens (including phenoxy) is 1. The van der Waals surface area contributed by atoms with E-state index in [1.54, 1.807) is 24.3 Å². The Hall–Kier alpha value is -2.18. The van der Waals surface area contributed by atoms with Gasteiger partial charge in [-0.15, -0.1) is 11.8 Å². The van der Waals surface area contributed by atoms with Crippen LogP contribution < -0.4 is 14.7 Å². The molecule has 6 heteroatoms. The van der Waals surface area contributed by atoms with E-state index >= 15 is 0 Å². The van der Waals surface area contributed by atoms with E-state index in [1.165, 1.54) is 10.6 Å². The maximum atomic E-state index is 10.6. The highest BCUT2D eigenvalue weighted by molar-refractivity contribution is 7.99. The van der Waals surface area contributed by atoms with Crippen molar-refractivity contribution in [3.8, 4) is 5.75 Å². The predicted octanol–water partition coefficient (Wildman–Crippen LogP) is 1.33. The molecular formula is C19H20NO4S-. The van der Waals surface area contributed by atoms with Crippen molar-refractivity contribution in [2.75, 3.05) is 30.3 Å². The number of carboxylic acid groups (broad SMARTS) is 1. The summed E-state index contributed by atoms with van der Waals surface area (Å²) in [5.41, 5.74) is 1.99. The Morgan fingerprint density at radius 1 is 1.24 bits per heavy atom. The molecule has 1 aliphatic heterocycles. The summed E-state index contributed by atoms with van der Waals surface area (Å²) in [6.07, 6.45) is -1.45. The molecule has 0 spiro atoms. The Bertz CT molecular complexity index is 720. The van der Waals surface area contributed by atoms with Gasteiger partial charge in [-0.25, -0.2) is 0 Å². The number of thioether (sulfide) groups is 1. The Balaban J connectivity index is 1.50. The van der Waals surface area contributed by atoms with Crippen molar-refractivity contribution >= 4 is 23.4 Å². The van der Waals surface area contributed by atoms with Crippen molar-refractivity contribution in [1.29, 1.82) is 0 Å². The van der Waals surface area contributed by atoms with E-state index in [9.17, 15) is 15.0 Å². The van der Waals surface area contributed by atoms with Gasteiger partial charge in [-0.2, -0.15) is 0 Å². The molecular weight excluding hydrogens is 338 g/mol. The number of aliphatic carboxylic acids is 1. The fourth-order valence-electron chi connectivity index (χ4n) is 2.76. The molecule has 1 atom stereocenters. The van der Waals surface area contributed by atoms with Crippen molar-refractivity contribution in [2.45, 2.75) is 17.4 Å². The van der Waals surface area contributed by atoms with Crippen molar-refractivity contribution in [1.82, 2.24) is 0 Å². The number of carbonyl (C=O) groups is 1. The molecule has 1 heterocycles. The first kappa shape index (κ1) is 17.6. The summed E-state index contributed by atoms with van der Waals surface area (Å²) >= 11 is 1.88. The second kappa shape index (κ2) is 8.27. The van der Waals surface area contributed by atoms with Gasteiger partial charge in [0.2, 0.25) is 0 Å². The monoisotopic (exact) mass is 358 g/mol. The van der Waals surface area contributed by atoms with Gasteiger partial charge in [-0.1, -0.05) is 24.3 Å². The first-order valence-corrected chi connectivity index (χ1v) is 9.19. The zero-order valence-electron chi connectivity index (χ0n) is 13.8. The van der Waals surface area contributed by atoms with Gasteiger partial charge in [0.25, 0.3) is 0 Å². The summed E-state index contributed by atoms with van der Waals surface area (Å²) in [5.74, 6) is 0.346. The van der Waals surface area contributed by atoms with Gasteiger partial charge in [0.05, 0.1) is 24.3 Å². The molecule has 0 bridgehead atoms. The van der Waals surface area contributed by atoms with Crippen LogP contribution in [-0.4, -0.2) is 42.6 Å². The first-order valence-electron chi connectivity index (χ1n) is 8.21. The Kier molecular flexibility index (Phi) is 5.83. The highest BCUT2D eigenvalue weighted by atomic mass is 32.2. The van der Waals surface area contributed by atoms with E-state index in [1.807, 2.05) is 11.8 Å². The third-order valence-electron chi connectivity index (χ3n) is 4.08. The van der Waals surface area contributed by atoms with E-state index in [0.717, 1.165) is 30.2 Å². The normalized spacial score (nSPS) is 14.7. The molecule has 3 rings (SSSR count). The minimum Gasteiger partial charge on any atom is -0.547 e. The molecule has 0 fully saturated rings. The molecule has 0 saturated carbocycles. The van der Waals surface area contributed by atoms with Crippen LogP contribution in [0.1, 0.15) is 5.56 Å². The molecule has 25 heavy (non-hydrogen) atoms. The molecule has 2 aromatic rings. The molecule has 1 unspecified atom stereocenters. The minimum atomic E-state index is -1.48. The molecule has 1 N–H and O–H groups in total. The Morgan fingerprint density at radius 3 is 2.76 bits per heavy atom. The van der Waals surface area contributed by atoms with Gasteiger partial charge < -0.3 is 24.6 Å². The third-order valence-corrected chi connectivity index (χ3v) is 5.12. The van der Waals surface area contributed by atoms with Crippen LogP contribution in [0, 0.1) is 0 Å². The number of nitrogens with zero attached hydrogens (tertiary/aromatic N) is 1. The fourth-order valence-corrected chi connectivity index (χ4v) is 3.81. The van der Waals surface area contributed by atoms with E-state index < -0.39 is 12.1 Å². The summed E-state index contributed by atoms with van der Waals surface area (Å²) in [6, 6.07) is 15.5. The number of rotatable bonds is 7. The number of benzene rings is 2. The van der Waals surface area contributed by atoms with Gasteiger partial charge >= 0.3 is 0 Å². The standard InChI is InChI=1S/C19H21NO4S/c21-17(19(22)23)13-14-5-7-15(8-6-14)24-11-9-20-10-12-25-18-4-2-1-3-16(18)20/h1-8,17,21H,9-13H2,(H,22,23)/p-1. The number of anilines is 1. The lowest BCUT2D eigenvalue weighted by atomic mass is 10.1. The predicted molar refractivity (Wildman–Crippen MR) is 96.0 cm³/mol. The average molecular weight is 358 g/mol. The quantitative estimate of drug-likeness (QED) is 0.805. The molecule has 0 saturated heterocycles. The van der Waals surface area contributed by atoms with Crippen LogP contribution in [0.25, 0.3) is 0 Å². The van der Waals surface area contributed by atoms with Crippen LogP contribution in [0.2, 0.25) is 0 Å². The lowest BCUT2D eigenvalue weighted by molar-refractivity contribution is -0.314. The van der Waals surface area contributed by atoms with Crippen LogP contribution in [0.15, 0.2) is 53.4 Å². The van der Waals surface area contributed by atoms with E-state index in [4.69, 9.17) is 4.74 Å². The van der Waals surface area contributed by atoms with Gasteiger partial charge in [-0.3, -0.25) is 0 Å². The molecule has 5 nitrogen and oxygen atoms in total. The minimum absolute atomic E-state index is 0.0326. The number of carbonyl (C=O) groups excluding carboxylic acids is 1. The smallest absolute Gasteiger partial charge is 0.119 e. The van der Waals surface area contributed by atoms with Crippen molar-refractivity contribution in [3.63, 3.8) is 0 Å². The first-order chi connectivity index (χ1) is 12.1. The molecule has 0 radical (unpaired) electrons. The van der Waals surface area contributed by atoms with Crippen LogP contribution in [0.3, 0.4) is 0 Å². The number of carboxylic acids is 1. The van der Waals surface area contributed by atoms with Gasteiger partial charge in [0, 0.05) is 23.6 Å². The van der Waals surface area contributed by atoms with Gasteiger partial charge in [0.1, 0.15) is 12.4 Å². The van der Waals surface area contributed by atoms with Crippen LogP contribution in [0.4, 0.5) is 5.69 Å². The third kappa shape index (κ3) is 4.67. The second-order valence-electron chi connectivity index (χ2n) is 5.83. The second-order valence-corrected chi connectivity index (χ2v) is 6.97. The molecule has 2 aromatic carbocycles. The molecule has 132 valence electrons. The van der Waals surface area contributed by atoms with Crippen LogP contribution in [-0.2, 0) is 11.2 Å². The number of aliphatic hydroxyl groups excluding tert-OH is 1. The molecule has 0 aromatic heterocycles. The topological polar surface area (TPSA) is 72.8 Å². The van der Waals surface area contributed by atoms with Crippen molar-refractivity contribution < 1.29 is 19.7 Å². The SMILES string of the molecule is O=C([O-])C(O)Cc1ccc(OCCN2CCSc3ccccc32)cc1. The zero-order chi connectivity index (χ0) is 17.6. The highest BCUT2D eigenvalue weighted by Crippen LogP contribution is 2.33. The summed E-state index contributed by atoms with van der Waals surface area (Å²) in [5, 5.41) is 19.9. The van der Waals surface area contributed by atoms with E-state index in [2.05, 4.69) is 29.2 Å². The fraction of sp³-hybridized carbons (Fsp3) is 0.316. The lowest BCUT2D eigenvalue weighted by Gasteiger charge is -2.30. The summed E-state index contributed by atoms with van der Waals surface area (Å²) < 4.78 is 5.79. The number of hydrogen-bond donors (Lipinski definition) is 1.